The summed E-state index contributed by atoms with van der Waals surface area (Å²) in [6.45, 7) is 4.02. The number of aryl methyl sites for hydroxylation is 3. The number of aromatic nitrogens is 1. The van der Waals surface area contributed by atoms with E-state index in [1.165, 1.54) is 0 Å². The van der Waals surface area contributed by atoms with Crippen molar-refractivity contribution in [1.29, 1.82) is 0 Å². The number of carbonyl (C=O) groups is 1. The van der Waals surface area contributed by atoms with Gasteiger partial charge in [0, 0.05) is 11.8 Å². The topological polar surface area (TPSA) is 50.2 Å². The van der Waals surface area contributed by atoms with Crippen LogP contribution in [0.5, 0.6) is 0 Å². The molecular weight excluding hydrogens is 250 g/mol. The second-order valence-corrected chi connectivity index (χ2v) is 4.84. The van der Waals surface area contributed by atoms with Crippen LogP contribution in [0.1, 0.15) is 23.1 Å². The number of pyridine rings is 1. The van der Waals surface area contributed by atoms with Gasteiger partial charge in [0.05, 0.1) is 5.52 Å². The molecule has 3 nitrogen and oxygen atoms in total. The molecule has 0 unspecified atom stereocenters. The molecule has 1 aromatic carbocycles. The molecule has 0 aliphatic carbocycles. The smallest absolute Gasteiger partial charge is 0.303 e. The third-order valence-electron chi connectivity index (χ3n) is 2.89. The maximum Gasteiger partial charge on any atom is 0.303 e. The molecule has 0 spiro atoms. The summed E-state index contributed by atoms with van der Waals surface area (Å²) in [6, 6.07) is 6.03. The molecule has 0 atom stereocenters. The van der Waals surface area contributed by atoms with Crippen molar-refractivity contribution in [3.8, 4) is 0 Å². The van der Waals surface area contributed by atoms with Crippen LogP contribution in [0.25, 0.3) is 10.9 Å². The maximum absolute atomic E-state index is 10.6. The fraction of sp³-hybridized carbons (Fsp3) is 0.286. The predicted octanol–water partition coefficient (Wildman–Crippen LogP) is 3.52. The molecule has 0 saturated carbocycles. The van der Waals surface area contributed by atoms with Gasteiger partial charge in [-0.15, -0.1) is 0 Å². The molecule has 1 N–H and O–H groups in total. The van der Waals surface area contributed by atoms with Crippen molar-refractivity contribution in [1.82, 2.24) is 4.98 Å². The number of aliphatic carboxylic acids is 1. The lowest BCUT2D eigenvalue weighted by Crippen LogP contribution is -1.99. The number of halogens is 1. The van der Waals surface area contributed by atoms with E-state index in [0.29, 0.717) is 11.6 Å². The van der Waals surface area contributed by atoms with Gasteiger partial charge in [0.15, 0.2) is 0 Å². The molecule has 0 aliphatic heterocycles. The van der Waals surface area contributed by atoms with E-state index in [1.807, 2.05) is 26.0 Å². The molecule has 2 rings (SSSR count). The molecule has 0 amide bonds. The predicted molar refractivity (Wildman–Crippen MR) is 72.2 cm³/mol. The van der Waals surface area contributed by atoms with Gasteiger partial charge in [-0.05, 0) is 43.5 Å². The minimum absolute atomic E-state index is 0.0672. The molecule has 0 bridgehead atoms. The van der Waals surface area contributed by atoms with E-state index in [9.17, 15) is 4.79 Å². The first-order valence-corrected chi connectivity index (χ1v) is 6.13. The Morgan fingerprint density at radius 3 is 2.72 bits per heavy atom. The summed E-state index contributed by atoms with van der Waals surface area (Å²) in [5.74, 6) is -0.827. The van der Waals surface area contributed by atoms with Crippen LogP contribution in [-0.2, 0) is 11.2 Å². The molecule has 1 heterocycles. The van der Waals surface area contributed by atoms with Crippen LogP contribution in [0, 0.1) is 13.8 Å². The van der Waals surface area contributed by atoms with E-state index in [0.717, 1.165) is 27.6 Å². The average Bonchev–Trinajstić information content (AvgIpc) is 2.27. The van der Waals surface area contributed by atoms with Crippen molar-refractivity contribution >= 4 is 28.5 Å². The van der Waals surface area contributed by atoms with Crippen molar-refractivity contribution in [2.24, 2.45) is 0 Å². The molecule has 0 radical (unpaired) electrons. The van der Waals surface area contributed by atoms with Crippen LogP contribution in [0.15, 0.2) is 18.2 Å². The molecule has 0 saturated heterocycles. The first-order valence-electron chi connectivity index (χ1n) is 5.75. The van der Waals surface area contributed by atoms with Gasteiger partial charge in [0.2, 0.25) is 0 Å². The normalized spacial score (nSPS) is 10.8. The third-order valence-corrected chi connectivity index (χ3v) is 3.21. The lowest BCUT2D eigenvalue weighted by molar-refractivity contribution is -0.136. The van der Waals surface area contributed by atoms with Gasteiger partial charge in [-0.1, -0.05) is 23.2 Å². The van der Waals surface area contributed by atoms with Gasteiger partial charge in [0.1, 0.15) is 5.15 Å². The fourth-order valence-corrected chi connectivity index (χ4v) is 2.32. The highest BCUT2D eigenvalue weighted by molar-refractivity contribution is 6.30. The quantitative estimate of drug-likeness (QED) is 0.862. The van der Waals surface area contributed by atoms with Gasteiger partial charge in [-0.2, -0.15) is 0 Å². The van der Waals surface area contributed by atoms with E-state index in [4.69, 9.17) is 16.7 Å². The minimum Gasteiger partial charge on any atom is -0.481 e. The van der Waals surface area contributed by atoms with E-state index in [2.05, 4.69) is 11.1 Å². The Labute approximate surface area is 110 Å². The molecule has 94 valence electrons. The summed E-state index contributed by atoms with van der Waals surface area (Å²) >= 11 is 6.09. The van der Waals surface area contributed by atoms with Crippen molar-refractivity contribution in [2.45, 2.75) is 26.7 Å². The van der Waals surface area contributed by atoms with E-state index >= 15 is 0 Å². The number of carboxylic acids is 1. The third kappa shape index (κ3) is 2.62. The Morgan fingerprint density at radius 1 is 1.33 bits per heavy atom. The van der Waals surface area contributed by atoms with Crippen molar-refractivity contribution in [2.75, 3.05) is 0 Å². The summed E-state index contributed by atoms with van der Waals surface area (Å²) in [7, 11) is 0. The molecule has 0 aliphatic rings. The van der Waals surface area contributed by atoms with E-state index in [1.54, 1.807) is 0 Å². The molecule has 4 heteroatoms. The molecule has 2 aromatic rings. The second kappa shape index (κ2) is 4.94. The van der Waals surface area contributed by atoms with Gasteiger partial charge in [-0.25, -0.2) is 4.98 Å². The first-order chi connectivity index (χ1) is 8.47. The Balaban J connectivity index is 2.50. The van der Waals surface area contributed by atoms with Crippen LogP contribution < -0.4 is 0 Å². The zero-order valence-electron chi connectivity index (χ0n) is 10.3. The summed E-state index contributed by atoms with van der Waals surface area (Å²) in [4.78, 5) is 15.0. The average molecular weight is 264 g/mol. The molecular formula is C14H14ClNO2. The highest BCUT2D eigenvalue weighted by Gasteiger charge is 2.09. The number of benzene rings is 1. The van der Waals surface area contributed by atoms with Crippen LogP contribution in [-0.4, -0.2) is 16.1 Å². The van der Waals surface area contributed by atoms with Crippen molar-refractivity contribution < 1.29 is 9.90 Å². The highest BCUT2D eigenvalue weighted by Crippen LogP contribution is 2.25. The molecule has 0 fully saturated rings. The van der Waals surface area contributed by atoms with E-state index < -0.39 is 5.97 Å². The zero-order valence-corrected chi connectivity index (χ0v) is 11.1. The Bertz CT molecular complexity index is 623. The Morgan fingerprint density at radius 2 is 2.06 bits per heavy atom. The standard InChI is InChI=1S/C14H14ClNO2/c1-8-5-9(2)13-11(6-8)7-10(14(15)16-13)3-4-12(17)18/h5-7H,3-4H2,1-2H3,(H,17,18). The lowest BCUT2D eigenvalue weighted by Gasteiger charge is -2.08. The molecule has 1 aromatic heterocycles. The van der Waals surface area contributed by atoms with Gasteiger partial charge in [-0.3, -0.25) is 4.79 Å². The van der Waals surface area contributed by atoms with Gasteiger partial charge < -0.3 is 5.11 Å². The van der Waals surface area contributed by atoms with Crippen LogP contribution in [0.2, 0.25) is 5.15 Å². The number of fused-ring (bicyclic) bond motifs is 1. The minimum atomic E-state index is -0.827. The van der Waals surface area contributed by atoms with Crippen LogP contribution in [0.3, 0.4) is 0 Å². The molecule has 18 heavy (non-hydrogen) atoms. The summed E-state index contributed by atoms with van der Waals surface area (Å²) in [6.07, 6.45) is 0.474. The first kappa shape index (κ1) is 12.8. The van der Waals surface area contributed by atoms with Gasteiger partial charge >= 0.3 is 5.97 Å². The number of nitrogens with zero attached hydrogens (tertiary/aromatic N) is 1. The summed E-state index contributed by atoms with van der Waals surface area (Å²) in [5, 5.41) is 10.1. The summed E-state index contributed by atoms with van der Waals surface area (Å²) in [5.41, 5.74) is 3.91. The zero-order chi connectivity index (χ0) is 13.3. The van der Waals surface area contributed by atoms with Crippen molar-refractivity contribution in [3.05, 3.63) is 40.0 Å². The maximum atomic E-state index is 10.6. The SMILES string of the molecule is Cc1cc(C)c2nc(Cl)c(CCC(=O)O)cc2c1. The van der Waals surface area contributed by atoms with Crippen LogP contribution in [0.4, 0.5) is 0 Å². The van der Waals surface area contributed by atoms with Crippen LogP contribution >= 0.6 is 11.6 Å². The number of rotatable bonds is 3. The highest BCUT2D eigenvalue weighted by atomic mass is 35.5. The fourth-order valence-electron chi connectivity index (χ4n) is 2.09. The largest absolute Gasteiger partial charge is 0.481 e. The summed E-state index contributed by atoms with van der Waals surface area (Å²) < 4.78 is 0. The Kier molecular flexibility index (Phi) is 3.53. The number of carboxylic acid groups (broad SMARTS) is 1. The van der Waals surface area contributed by atoms with Gasteiger partial charge in [0.25, 0.3) is 0 Å². The van der Waals surface area contributed by atoms with E-state index in [-0.39, 0.29) is 6.42 Å². The van der Waals surface area contributed by atoms with Crippen molar-refractivity contribution in [3.63, 3.8) is 0 Å². The monoisotopic (exact) mass is 263 g/mol. The number of hydrogen-bond donors (Lipinski definition) is 1. The Hall–Kier alpha value is -1.61. The number of hydrogen-bond acceptors (Lipinski definition) is 2. The lowest BCUT2D eigenvalue weighted by atomic mass is 10.0. The second-order valence-electron chi connectivity index (χ2n) is 4.49.